The van der Waals surface area contributed by atoms with Crippen LogP contribution in [0.2, 0.25) is 0 Å². The Morgan fingerprint density at radius 2 is 2.11 bits per heavy atom. The van der Waals surface area contributed by atoms with Crippen molar-refractivity contribution in [1.29, 1.82) is 0 Å². The van der Waals surface area contributed by atoms with Gasteiger partial charge in [-0.15, -0.1) is 0 Å². The molecule has 0 aromatic heterocycles. The fourth-order valence-electron chi connectivity index (χ4n) is 2.43. The van der Waals surface area contributed by atoms with Crippen LogP contribution in [0.15, 0.2) is 24.3 Å². The molecular formula is C14H19IN2O. The van der Waals surface area contributed by atoms with Crippen LogP contribution in [-0.4, -0.2) is 29.9 Å². The molecule has 0 spiro atoms. The summed E-state index contributed by atoms with van der Waals surface area (Å²) in [5.41, 5.74) is 0.891. The van der Waals surface area contributed by atoms with E-state index in [1.54, 1.807) is 0 Å². The number of amides is 1. The van der Waals surface area contributed by atoms with Crippen molar-refractivity contribution in [2.24, 2.45) is 0 Å². The summed E-state index contributed by atoms with van der Waals surface area (Å²) in [5.74, 6) is 0.137. The van der Waals surface area contributed by atoms with Crippen molar-refractivity contribution in [3.63, 3.8) is 0 Å². The lowest BCUT2D eigenvalue weighted by Gasteiger charge is -2.33. The van der Waals surface area contributed by atoms with E-state index in [1.165, 1.54) is 9.99 Å². The van der Waals surface area contributed by atoms with Gasteiger partial charge in [0.15, 0.2) is 0 Å². The smallest absolute Gasteiger partial charge is 0.241 e. The lowest BCUT2D eigenvalue weighted by Crippen LogP contribution is -2.46. The van der Waals surface area contributed by atoms with Crippen molar-refractivity contribution >= 4 is 34.2 Å². The van der Waals surface area contributed by atoms with E-state index in [-0.39, 0.29) is 11.9 Å². The minimum Gasteiger partial charge on any atom is -0.325 e. The Bertz CT molecular complexity index is 405. The molecule has 1 aliphatic heterocycles. The number of hydrogen-bond acceptors (Lipinski definition) is 2. The van der Waals surface area contributed by atoms with E-state index in [9.17, 15) is 4.79 Å². The number of anilines is 1. The third-order valence-electron chi connectivity index (χ3n) is 3.43. The quantitative estimate of drug-likeness (QED) is 0.843. The number of nitrogens with one attached hydrogen (secondary N) is 1. The minimum absolute atomic E-state index is 0.0445. The van der Waals surface area contributed by atoms with Crippen LogP contribution >= 0.6 is 22.6 Å². The first kappa shape index (κ1) is 13.8. The molecule has 1 unspecified atom stereocenters. The highest BCUT2D eigenvalue weighted by molar-refractivity contribution is 14.1. The predicted molar refractivity (Wildman–Crippen MR) is 82.7 cm³/mol. The summed E-state index contributed by atoms with van der Waals surface area (Å²) in [6.07, 6.45) is 3.34. The van der Waals surface area contributed by atoms with Crippen LogP contribution in [0, 0.1) is 3.57 Å². The summed E-state index contributed by atoms with van der Waals surface area (Å²) in [7, 11) is 0. The van der Waals surface area contributed by atoms with Crippen LogP contribution in [-0.2, 0) is 4.79 Å². The van der Waals surface area contributed by atoms with Crippen molar-refractivity contribution in [3.05, 3.63) is 27.8 Å². The molecule has 0 bridgehead atoms. The van der Waals surface area contributed by atoms with E-state index in [0.29, 0.717) is 0 Å². The van der Waals surface area contributed by atoms with E-state index in [2.05, 4.69) is 39.7 Å². The number of likely N-dealkylation sites (tertiary alicyclic amines) is 1. The van der Waals surface area contributed by atoms with Crippen molar-refractivity contribution in [2.45, 2.75) is 32.2 Å². The molecule has 1 aromatic carbocycles. The van der Waals surface area contributed by atoms with Crippen molar-refractivity contribution < 1.29 is 4.79 Å². The van der Waals surface area contributed by atoms with Gasteiger partial charge in [0, 0.05) is 9.26 Å². The summed E-state index contributed by atoms with van der Waals surface area (Å²) in [5, 5.41) is 3.02. The molecule has 1 aliphatic rings. The van der Waals surface area contributed by atoms with Gasteiger partial charge >= 0.3 is 0 Å². The topological polar surface area (TPSA) is 32.3 Å². The van der Waals surface area contributed by atoms with Gasteiger partial charge in [-0.05, 0) is 72.8 Å². The molecule has 3 nitrogen and oxygen atoms in total. The summed E-state index contributed by atoms with van der Waals surface area (Å²) < 4.78 is 1.18. The van der Waals surface area contributed by atoms with Crippen LogP contribution in [0.4, 0.5) is 5.69 Å². The monoisotopic (exact) mass is 358 g/mol. The molecule has 1 N–H and O–H groups in total. The Labute approximate surface area is 122 Å². The molecule has 1 amide bonds. The van der Waals surface area contributed by atoms with Crippen LogP contribution in [0.3, 0.4) is 0 Å². The molecule has 1 atom stereocenters. The van der Waals surface area contributed by atoms with E-state index < -0.39 is 0 Å². The highest BCUT2D eigenvalue weighted by Gasteiger charge is 2.27. The molecule has 1 fully saturated rings. The molecule has 1 heterocycles. The number of rotatable bonds is 3. The Kier molecular flexibility index (Phi) is 5.00. The van der Waals surface area contributed by atoms with E-state index >= 15 is 0 Å². The second kappa shape index (κ2) is 6.52. The fraction of sp³-hybridized carbons (Fsp3) is 0.500. The van der Waals surface area contributed by atoms with Gasteiger partial charge in [-0.25, -0.2) is 0 Å². The molecule has 98 valence electrons. The first-order chi connectivity index (χ1) is 8.70. The first-order valence-corrected chi connectivity index (χ1v) is 7.59. The van der Waals surface area contributed by atoms with Gasteiger partial charge in [-0.2, -0.15) is 0 Å². The first-order valence-electron chi connectivity index (χ1n) is 6.51. The number of piperidine rings is 1. The minimum atomic E-state index is 0.0445. The number of nitrogens with zero attached hydrogens (tertiary/aromatic N) is 1. The van der Waals surface area contributed by atoms with Gasteiger partial charge < -0.3 is 5.32 Å². The third kappa shape index (κ3) is 3.45. The fourth-order valence-corrected chi connectivity index (χ4v) is 2.78. The lowest BCUT2D eigenvalue weighted by atomic mass is 10.0. The standard InChI is InChI=1S/C14H19IN2O/c1-2-17-10-4-3-5-13(17)14(18)16-12-8-6-11(15)7-9-12/h6-9,13H,2-5,10H2,1H3,(H,16,18). The van der Waals surface area contributed by atoms with Gasteiger partial charge in [0.25, 0.3) is 0 Å². The van der Waals surface area contributed by atoms with Gasteiger partial charge in [0.05, 0.1) is 6.04 Å². The normalized spacial score (nSPS) is 20.7. The van der Waals surface area contributed by atoms with Crippen LogP contribution < -0.4 is 5.32 Å². The molecule has 0 saturated carbocycles. The summed E-state index contributed by atoms with van der Waals surface area (Å²) in [6, 6.07) is 7.98. The maximum absolute atomic E-state index is 12.3. The van der Waals surface area contributed by atoms with Gasteiger partial charge in [-0.1, -0.05) is 13.3 Å². The Hall–Kier alpha value is -0.620. The van der Waals surface area contributed by atoms with Crippen molar-refractivity contribution in [3.8, 4) is 0 Å². The summed E-state index contributed by atoms with van der Waals surface area (Å²) >= 11 is 2.26. The van der Waals surface area contributed by atoms with Crippen LogP contribution in [0.5, 0.6) is 0 Å². The maximum atomic E-state index is 12.3. The molecule has 4 heteroatoms. The highest BCUT2D eigenvalue weighted by Crippen LogP contribution is 2.19. The van der Waals surface area contributed by atoms with Crippen molar-refractivity contribution in [1.82, 2.24) is 4.90 Å². The maximum Gasteiger partial charge on any atom is 0.241 e. The zero-order valence-electron chi connectivity index (χ0n) is 10.7. The number of hydrogen-bond donors (Lipinski definition) is 1. The predicted octanol–water partition coefficient (Wildman–Crippen LogP) is 3.10. The number of carbonyl (C=O) groups is 1. The van der Waals surface area contributed by atoms with E-state index in [1.807, 2.05) is 24.3 Å². The average molecular weight is 358 g/mol. The second-order valence-corrected chi connectivity index (χ2v) is 5.88. The van der Waals surface area contributed by atoms with Crippen molar-refractivity contribution in [2.75, 3.05) is 18.4 Å². The Morgan fingerprint density at radius 3 is 2.78 bits per heavy atom. The van der Waals surface area contributed by atoms with Gasteiger partial charge in [-0.3, -0.25) is 9.69 Å². The van der Waals surface area contributed by atoms with E-state index in [4.69, 9.17) is 0 Å². The zero-order chi connectivity index (χ0) is 13.0. The second-order valence-electron chi connectivity index (χ2n) is 4.64. The highest BCUT2D eigenvalue weighted by atomic mass is 127. The van der Waals surface area contributed by atoms with Gasteiger partial charge in [0.2, 0.25) is 5.91 Å². The number of halogens is 1. The molecule has 2 rings (SSSR count). The van der Waals surface area contributed by atoms with E-state index in [0.717, 1.165) is 31.6 Å². The SMILES string of the molecule is CCN1CCCCC1C(=O)Nc1ccc(I)cc1. The molecule has 1 aromatic rings. The largest absolute Gasteiger partial charge is 0.325 e. The third-order valence-corrected chi connectivity index (χ3v) is 4.15. The molecule has 18 heavy (non-hydrogen) atoms. The molecule has 0 radical (unpaired) electrons. The lowest BCUT2D eigenvalue weighted by molar-refractivity contribution is -0.122. The van der Waals surface area contributed by atoms with Gasteiger partial charge in [0.1, 0.15) is 0 Å². The molecular weight excluding hydrogens is 339 g/mol. The number of benzene rings is 1. The summed E-state index contributed by atoms with van der Waals surface area (Å²) in [4.78, 5) is 14.5. The van der Waals surface area contributed by atoms with Crippen LogP contribution in [0.1, 0.15) is 26.2 Å². The Morgan fingerprint density at radius 1 is 1.39 bits per heavy atom. The molecule has 1 saturated heterocycles. The average Bonchev–Trinajstić information content (AvgIpc) is 2.41. The number of carbonyl (C=O) groups excluding carboxylic acids is 1. The van der Waals surface area contributed by atoms with Crippen LogP contribution in [0.25, 0.3) is 0 Å². The molecule has 0 aliphatic carbocycles. The Balaban J connectivity index is 2.00. The summed E-state index contributed by atoms with van der Waals surface area (Å²) in [6.45, 7) is 4.11. The number of likely N-dealkylation sites (N-methyl/N-ethyl adjacent to an activating group) is 1. The zero-order valence-corrected chi connectivity index (χ0v) is 12.8.